The standard InChI is InChI=1S/C49H56N4O/c1-46(2,3)31-21-29(22-32(25-31)47(4,5)6)44-40-15-13-35(50-40)27-36-14-16-41(51-36)45(30-23-33(48(7,8)9)26-34(24-30)49(10,11)12)43-20-18-39(53-43)37(28-54)38-17-19-42(44)52-38/h13-27,50-51,54H,28H2,1-12H3. The van der Waals surface area contributed by atoms with Gasteiger partial charge in [0.2, 0.25) is 0 Å². The van der Waals surface area contributed by atoms with E-state index in [0.29, 0.717) is 5.56 Å². The summed E-state index contributed by atoms with van der Waals surface area (Å²) in [7, 11) is 0. The number of nitrogens with one attached hydrogen (secondary N) is 2. The van der Waals surface area contributed by atoms with Crippen molar-refractivity contribution >= 4 is 46.4 Å². The predicted octanol–water partition coefficient (Wildman–Crippen LogP) is 12.7. The highest BCUT2D eigenvalue weighted by Gasteiger charge is 2.25. The molecule has 7 rings (SSSR count). The smallest absolute Gasteiger partial charge is 0.0737 e. The van der Waals surface area contributed by atoms with Crippen LogP contribution in [0.1, 0.15) is 134 Å². The molecule has 3 aromatic heterocycles. The van der Waals surface area contributed by atoms with Gasteiger partial charge in [-0.05, 0) is 110 Å². The number of aromatic nitrogens is 4. The van der Waals surface area contributed by atoms with Crippen LogP contribution < -0.4 is 0 Å². The van der Waals surface area contributed by atoms with Gasteiger partial charge in [-0.2, -0.15) is 0 Å². The average Bonchev–Trinajstić information content (AvgIpc) is 3.90. The van der Waals surface area contributed by atoms with E-state index in [0.717, 1.165) is 67.1 Å². The first kappa shape index (κ1) is 37.3. The van der Waals surface area contributed by atoms with Crippen LogP contribution >= 0.6 is 0 Å². The molecule has 0 atom stereocenters. The minimum absolute atomic E-state index is 0.0449. The van der Waals surface area contributed by atoms with Crippen molar-refractivity contribution in [3.8, 4) is 22.3 Å². The zero-order chi connectivity index (χ0) is 39.0. The van der Waals surface area contributed by atoms with Crippen LogP contribution in [0.3, 0.4) is 0 Å². The number of rotatable bonds is 3. The van der Waals surface area contributed by atoms with Crippen LogP contribution in [-0.4, -0.2) is 25.0 Å². The molecule has 0 saturated heterocycles. The molecule has 5 aromatic rings. The zero-order valence-electron chi connectivity index (χ0n) is 34.2. The quantitative estimate of drug-likeness (QED) is 0.170. The van der Waals surface area contributed by atoms with Crippen LogP contribution in [0.15, 0.2) is 66.7 Å². The molecule has 0 spiro atoms. The number of H-pyrrole nitrogens is 2. The minimum atomic E-state index is -0.187. The van der Waals surface area contributed by atoms with E-state index in [9.17, 15) is 5.11 Å². The summed E-state index contributed by atoms with van der Waals surface area (Å²) >= 11 is 0. The third-order valence-electron chi connectivity index (χ3n) is 10.7. The molecular formula is C49H56N4O. The second-order valence-electron chi connectivity index (χ2n) is 19.2. The Kier molecular flexibility index (Phi) is 9.05. The number of hydrogen-bond acceptors (Lipinski definition) is 3. The number of aromatic amines is 2. The summed E-state index contributed by atoms with van der Waals surface area (Å²) in [5.41, 5.74) is 17.0. The van der Waals surface area contributed by atoms with Gasteiger partial charge in [0.1, 0.15) is 0 Å². The molecule has 0 unspecified atom stereocenters. The highest BCUT2D eigenvalue weighted by molar-refractivity contribution is 5.94. The Hall–Kier alpha value is -5.00. The molecule has 2 aliphatic rings. The topological polar surface area (TPSA) is 77.6 Å². The fourth-order valence-electron chi connectivity index (χ4n) is 7.24. The molecule has 5 heteroatoms. The summed E-state index contributed by atoms with van der Waals surface area (Å²) < 4.78 is 0. The number of nitrogens with zero attached hydrogens (tertiary/aromatic N) is 2. The average molecular weight is 717 g/mol. The van der Waals surface area contributed by atoms with E-state index in [4.69, 9.17) is 9.97 Å². The van der Waals surface area contributed by atoms with Crippen LogP contribution in [0.2, 0.25) is 0 Å². The summed E-state index contributed by atoms with van der Waals surface area (Å²) in [6, 6.07) is 24.7. The van der Waals surface area contributed by atoms with Crippen LogP contribution in [0.4, 0.5) is 0 Å². The van der Waals surface area contributed by atoms with Crippen molar-refractivity contribution in [2.24, 2.45) is 0 Å². The Balaban J connectivity index is 1.59. The number of aliphatic hydroxyl groups excluding tert-OH is 1. The first-order valence-corrected chi connectivity index (χ1v) is 19.2. The fraction of sp³-hybridized carbons (Fsp3) is 0.347. The molecule has 0 saturated carbocycles. The lowest BCUT2D eigenvalue weighted by Gasteiger charge is -2.26. The summed E-state index contributed by atoms with van der Waals surface area (Å²) in [5.74, 6) is 0. The summed E-state index contributed by atoms with van der Waals surface area (Å²) in [6.07, 6.45) is 8.19. The van der Waals surface area contributed by atoms with Gasteiger partial charge in [-0.3, -0.25) is 0 Å². The number of hydrogen-bond donors (Lipinski definition) is 3. The molecule has 8 bridgehead atoms. The van der Waals surface area contributed by atoms with Gasteiger partial charge in [0.15, 0.2) is 0 Å². The van der Waals surface area contributed by atoms with Crippen molar-refractivity contribution in [2.75, 3.05) is 0 Å². The summed E-state index contributed by atoms with van der Waals surface area (Å²) in [4.78, 5) is 18.0. The SMILES string of the molecule is CC(C)(C)c1cc(-c2c3nc(c(CO)c4nc(c(-c5cc(C(C)(C)C)cc(C(C)(C)C)c5)c5ccc(cc6ccc2[nH]6)[nH]5)C=C4)C=C3)cc(C(C)(C)C)c1. The van der Waals surface area contributed by atoms with E-state index >= 15 is 0 Å². The molecule has 2 aromatic carbocycles. The molecule has 54 heavy (non-hydrogen) atoms. The highest BCUT2D eigenvalue weighted by atomic mass is 16.3. The zero-order valence-corrected chi connectivity index (χ0v) is 34.2. The fourth-order valence-corrected chi connectivity index (χ4v) is 7.24. The maximum absolute atomic E-state index is 10.9. The van der Waals surface area contributed by atoms with Gasteiger partial charge in [-0.1, -0.05) is 119 Å². The third-order valence-corrected chi connectivity index (χ3v) is 10.7. The lowest BCUT2D eigenvalue weighted by atomic mass is 9.78. The maximum Gasteiger partial charge on any atom is 0.0737 e. The van der Waals surface area contributed by atoms with Gasteiger partial charge in [-0.15, -0.1) is 0 Å². The van der Waals surface area contributed by atoms with E-state index in [1.165, 1.54) is 22.3 Å². The van der Waals surface area contributed by atoms with Gasteiger partial charge in [0.05, 0.1) is 29.4 Å². The number of fused-ring (bicyclic) bond motifs is 8. The van der Waals surface area contributed by atoms with E-state index in [1.807, 2.05) is 12.2 Å². The molecule has 5 nitrogen and oxygen atoms in total. The van der Waals surface area contributed by atoms with Crippen molar-refractivity contribution in [1.82, 2.24) is 19.9 Å². The lowest BCUT2D eigenvalue weighted by molar-refractivity contribution is 0.280. The Bertz CT molecular complexity index is 2270. The lowest BCUT2D eigenvalue weighted by Crippen LogP contribution is -2.16. The Morgan fingerprint density at radius 2 is 0.778 bits per heavy atom. The molecule has 0 aliphatic carbocycles. The third kappa shape index (κ3) is 7.27. The van der Waals surface area contributed by atoms with E-state index in [-0.39, 0.29) is 28.3 Å². The van der Waals surface area contributed by atoms with Crippen LogP contribution in [-0.2, 0) is 28.3 Å². The van der Waals surface area contributed by atoms with Crippen molar-refractivity contribution in [2.45, 2.75) is 111 Å². The first-order chi connectivity index (χ1) is 25.2. The Labute approximate surface area is 321 Å². The second-order valence-corrected chi connectivity index (χ2v) is 19.2. The van der Waals surface area contributed by atoms with Gasteiger partial charge in [0, 0.05) is 38.8 Å². The minimum Gasteiger partial charge on any atom is -0.392 e. The number of benzene rings is 2. The van der Waals surface area contributed by atoms with Gasteiger partial charge in [-0.25, -0.2) is 9.97 Å². The van der Waals surface area contributed by atoms with Crippen molar-refractivity contribution in [3.63, 3.8) is 0 Å². The molecule has 278 valence electrons. The molecular weight excluding hydrogens is 661 g/mol. The molecule has 5 heterocycles. The van der Waals surface area contributed by atoms with Crippen molar-refractivity contribution in [3.05, 3.63) is 117 Å². The van der Waals surface area contributed by atoms with E-state index < -0.39 is 0 Å². The van der Waals surface area contributed by atoms with Gasteiger partial charge >= 0.3 is 0 Å². The molecule has 3 N–H and O–H groups in total. The molecule has 0 radical (unpaired) electrons. The van der Waals surface area contributed by atoms with Gasteiger partial charge in [0.25, 0.3) is 0 Å². The van der Waals surface area contributed by atoms with Crippen LogP contribution in [0.25, 0.3) is 68.6 Å². The molecule has 0 amide bonds. The Morgan fingerprint density at radius 3 is 1.09 bits per heavy atom. The highest BCUT2D eigenvalue weighted by Crippen LogP contribution is 2.40. The van der Waals surface area contributed by atoms with Crippen LogP contribution in [0, 0.1) is 0 Å². The predicted molar refractivity (Wildman–Crippen MR) is 230 cm³/mol. The largest absolute Gasteiger partial charge is 0.392 e. The molecule has 0 fully saturated rings. The summed E-state index contributed by atoms with van der Waals surface area (Å²) in [6.45, 7) is 27.0. The normalized spacial score (nSPS) is 13.6. The first-order valence-electron chi connectivity index (χ1n) is 19.2. The Morgan fingerprint density at radius 1 is 0.444 bits per heavy atom. The van der Waals surface area contributed by atoms with E-state index in [1.54, 1.807) is 0 Å². The number of aliphatic hydroxyl groups is 1. The summed E-state index contributed by atoms with van der Waals surface area (Å²) in [5, 5.41) is 10.9. The molecule has 2 aliphatic heterocycles. The monoisotopic (exact) mass is 716 g/mol. The van der Waals surface area contributed by atoms with Gasteiger partial charge < -0.3 is 15.1 Å². The van der Waals surface area contributed by atoms with Crippen molar-refractivity contribution < 1.29 is 5.11 Å². The van der Waals surface area contributed by atoms with Crippen molar-refractivity contribution in [1.29, 1.82) is 0 Å². The van der Waals surface area contributed by atoms with E-state index in [2.05, 4.69) is 172 Å². The maximum atomic E-state index is 10.9. The second kappa shape index (κ2) is 13.1. The van der Waals surface area contributed by atoms with Crippen LogP contribution in [0.5, 0.6) is 0 Å².